The van der Waals surface area contributed by atoms with Gasteiger partial charge in [-0.25, -0.2) is 8.78 Å². The van der Waals surface area contributed by atoms with E-state index in [1.54, 1.807) is 18.2 Å². The molecule has 0 saturated heterocycles. The zero-order valence-electron chi connectivity index (χ0n) is 11.1. The number of halogens is 3. The predicted molar refractivity (Wildman–Crippen MR) is 79.1 cm³/mol. The molecule has 2 aromatic rings. The Kier molecular flexibility index (Phi) is 4.60. The van der Waals surface area contributed by atoms with Gasteiger partial charge in [0.15, 0.2) is 11.6 Å². The second-order valence-electron chi connectivity index (χ2n) is 4.38. The van der Waals surface area contributed by atoms with Gasteiger partial charge in [-0.3, -0.25) is 0 Å². The average Bonchev–Trinajstić information content (AvgIpc) is 2.41. The Hall–Kier alpha value is -1.62. The summed E-state index contributed by atoms with van der Waals surface area (Å²) in [6.45, 7) is 1.81. The smallest absolute Gasteiger partial charge is 0.167 e. The molecule has 0 aromatic heterocycles. The molecule has 2 nitrogen and oxygen atoms in total. The van der Waals surface area contributed by atoms with Crippen LogP contribution in [0.4, 0.5) is 14.5 Å². The number of anilines is 1. The maximum absolute atomic E-state index is 13.8. The fourth-order valence-corrected chi connectivity index (χ4v) is 2.31. The largest absolute Gasteiger partial charge is 0.494 e. The van der Waals surface area contributed by atoms with Gasteiger partial charge in [0.2, 0.25) is 0 Å². The van der Waals surface area contributed by atoms with E-state index in [2.05, 4.69) is 21.2 Å². The Morgan fingerprint density at radius 2 is 1.85 bits per heavy atom. The molecule has 0 spiro atoms. The van der Waals surface area contributed by atoms with Gasteiger partial charge in [0.1, 0.15) is 5.82 Å². The van der Waals surface area contributed by atoms with Crippen LogP contribution in [-0.4, -0.2) is 7.11 Å². The molecule has 0 fully saturated rings. The van der Waals surface area contributed by atoms with Crippen molar-refractivity contribution in [2.75, 3.05) is 12.4 Å². The maximum Gasteiger partial charge on any atom is 0.167 e. The summed E-state index contributed by atoms with van der Waals surface area (Å²) >= 11 is 3.31. The minimum atomic E-state index is -0.459. The van der Waals surface area contributed by atoms with E-state index < -0.39 is 5.82 Å². The summed E-state index contributed by atoms with van der Waals surface area (Å²) in [5.41, 5.74) is 1.07. The lowest BCUT2D eigenvalue weighted by molar-refractivity contribution is 0.386. The fraction of sp³-hybridized carbons (Fsp3) is 0.200. The van der Waals surface area contributed by atoms with Gasteiger partial charge in [-0.2, -0.15) is 0 Å². The predicted octanol–water partition coefficient (Wildman–Crippen LogP) is 4.91. The van der Waals surface area contributed by atoms with Crippen molar-refractivity contribution in [1.29, 1.82) is 0 Å². The van der Waals surface area contributed by atoms with E-state index in [-0.39, 0.29) is 17.6 Å². The molecular weight excluding hydrogens is 328 g/mol. The highest BCUT2D eigenvalue weighted by Gasteiger charge is 2.12. The number of ether oxygens (including phenoxy) is 1. The van der Waals surface area contributed by atoms with Gasteiger partial charge in [-0.1, -0.05) is 15.9 Å². The van der Waals surface area contributed by atoms with Crippen molar-refractivity contribution in [2.45, 2.75) is 13.0 Å². The van der Waals surface area contributed by atoms with E-state index in [0.29, 0.717) is 11.3 Å². The molecule has 0 saturated carbocycles. The Labute approximate surface area is 124 Å². The number of hydrogen-bond donors (Lipinski definition) is 1. The summed E-state index contributed by atoms with van der Waals surface area (Å²) in [7, 11) is 1.41. The summed E-state index contributed by atoms with van der Waals surface area (Å²) in [6, 6.07) is 8.99. The molecule has 0 aliphatic rings. The van der Waals surface area contributed by atoms with E-state index in [0.717, 1.165) is 4.47 Å². The van der Waals surface area contributed by atoms with Gasteiger partial charge in [-0.15, -0.1) is 0 Å². The number of nitrogens with one attached hydrogen (secondary N) is 1. The Morgan fingerprint density at radius 3 is 2.50 bits per heavy atom. The van der Waals surface area contributed by atoms with Crippen LogP contribution in [0.25, 0.3) is 0 Å². The summed E-state index contributed by atoms with van der Waals surface area (Å²) < 4.78 is 33.0. The zero-order chi connectivity index (χ0) is 14.7. The third-order valence-electron chi connectivity index (χ3n) is 2.96. The molecule has 1 unspecified atom stereocenters. The lowest BCUT2D eigenvalue weighted by Gasteiger charge is -2.17. The van der Waals surface area contributed by atoms with Crippen LogP contribution in [0.15, 0.2) is 40.9 Å². The second-order valence-corrected chi connectivity index (χ2v) is 5.30. The molecule has 2 aromatic carbocycles. The normalized spacial score (nSPS) is 12.1. The third kappa shape index (κ3) is 3.28. The van der Waals surface area contributed by atoms with Crippen molar-refractivity contribution in [2.24, 2.45) is 0 Å². The molecule has 0 amide bonds. The van der Waals surface area contributed by atoms with Crippen LogP contribution in [0, 0.1) is 11.6 Å². The van der Waals surface area contributed by atoms with Crippen LogP contribution in [0.5, 0.6) is 5.75 Å². The molecule has 0 bridgehead atoms. The number of methoxy groups -OCH3 is 1. The van der Waals surface area contributed by atoms with Crippen molar-refractivity contribution in [3.8, 4) is 5.75 Å². The Morgan fingerprint density at radius 1 is 1.10 bits per heavy atom. The van der Waals surface area contributed by atoms with Crippen LogP contribution >= 0.6 is 15.9 Å². The molecule has 0 heterocycles. The highest BCUT2D eigenvalue weighted by molar-refractivity contribution is 9.10. The second kappa shape index (κ2) is 6.22. The topological polar surface area (TPSA) is 21.3 Å². The maximum atomic E-state index is 13.8. The van der Waals surface area contributed by atoms with Crippen molar-refractivity contribution < 1.29 is 13.5 Å². The summed E-state index contributed by atoms with van der Waals surface area (Å²) in [5, 5.41) is 3.06. The Balaban J connectivity index is 2.21. The quantitative estimate of drug-likeness (QED) is 0.853. The van der Waals surface area contributed by atoms with E-state index in [4.69, 9.17) is 4.74 Å². The van der Waals surface area contributed by atoms with Crippen molar-refractivity contribution in [3.63, 3.8) is 0 Å². The van der Waals surface area contributed by atoms with Gasteiger partial charge in [0.25, 0.3) is 0 Å². The molecular formula is C15H14BrF2NO. The molecule has 20 heavy (non-hydrogen) atoms. The van der Waals surface area contributed by atoms with Gasteiger partial charge in [-0.05, 0) is 37.3 Å². The van der Waals surface area contributed by atoms with Gasteiger partial charge in [0, 0.05) is 21.8 Å². The van der Waals surface area contributed by atoms with Gasteiger partial charge < -0.3 is 10.1 Å². The summed E-state index contributed by atoms with van der Waals surface area (Å²) in [6.07, 6.45) is 0. The molecule has 1 N–H and O–H groups in total. The molecule has 0 radical (unpaired) electrons. The van der Waals surface area contributed by atoms with Gasteiger partial charge >= 0.3 is 0 Å². The standard InChI is InChI=1S/C15H14BrF2NO/c1-9(12-7-10(16)3-5-13(12)17)19-11-4-6-15(20-2)14(18)8-11/h3-9,19H,1-2H3. The molecule has 0 aliphatic heterocycles. The third-order valence-corrected chi connectivity index (χ3v) is 3.45. The van der Waals surface area contributed by atoms with Gasteiger partial charge in [0.05, 0.1) is 13.2 Å². The molecule has 2 rings (SSSR count). The lowest BCUT2D eigenvalue weighted by Crippen LogP contribution is -2.09. The average molecular weight is 342 g/mol. The molecule has 5 heteroatoms. The van der Waals surface area contributed by atoms with Crippen molar-refractivity contribution in [3.05, 3.63) is 58.1 Å². The lowest BCUT2D eigenvalue weighted by atomic mass is 10.1. The SMILES string of the molecule is COc1ccc(NC(C)c2cc(Br)ccc2F)cc1F. The van der Waals surface area contributed by atoms with Crippen molar-refractivity contribution >= 4 is 21.6 Å². The first kappa shape index (κ1) is 14.8. The monoisotopic (exact) mass is 341 g/mol. The van der Waals surface area contributed by atoms with Crippen molar-refractivity contribution in [1.82, 2.24) is 0 Å². The summed E-state index contributed by atoms with van der Waals surface area (Å²) in [5.74, 6) is -0.585. The molecule has 106 valence electrons. The fourth-order valence-electron chi connectivity index (χ4n) is 1.93. The van der Waals surface area contributed by atoms with Crippen LogP contribution in [-0.2, 0) is 0 Å². The van der Waals surface area contributed by atoms with Crippen LogP contribution < -0.4 is 10.1 Å². The van der Waals surface area contributed by atoms with Crippen LogP contribution in [0.3, 0.4) is 0 Å². The minimum Gasteiger partial charge on any atom is -0.494 e. The molecule has 0 aliphatic carbocycles. The Bertz CT molecular complexity index is 619. The highest BCUT2D eigenvalue weighted by Crippen LogP contribution is 2.27. The first-order chi connectivity index (χ1) is 9.51. The first-order valence-electron chi connectivity index (χ1n) is 6.06. The number of rotatable bonds is 4. The van der Waals surface area contributed by atoms with E-state index >= 15 is 0 Å². The van der Waals surface area contributed by atoms with E-state index in [1.165, 1.54) is 25.3 Å². The molecule has 1 atom stereocenters. The highest BCUT2D eigenvalue weighted by atomic mass is 79.9. The summed E-state index contributed by atoms with van der Waals surface area (Å²) in [4.78, 5) is 0. The number of hydrogen-bond acceptors (Lipinski definition) is 2. The number of benzene rings is 2. The van der Waals surface area contributed by atoms with E-state index in [1.807, 2.05) is 6.92 Å². The van der Waals surface area contributed by atoms with E-state index in [9.17, 15) is 8.78 Å². The van der Waals surface area contributed by atoms with Crippen LogP contribution in [0.2, 0.25) is 0 Å². The zero-order valence-corrected chi connectivity index (χ0v) is 12.7. The van der Waals surface area contributed by atoms with Crippen LogP contribution in [0.1, 0.15) is 18.5 Å². The minimum absolute atomic E-state index is 0.178. The first-order valence-corrected chi connectivity index (χ1v) is 6.85.